The summed E-state index contributed by atoms with van der Waals surface area (Å²) < 4.78 is 6.16. The molecule has 0 amide bonds. The third kappa shape index (κ3) is 4.26. The van der Waals surface area contributed by atoms with Crippen LogP contribution in [0.5, 0.6) is 5.75 Å². The first kappa shape index (κ1) is 18.7. The highest BCUT2D eigenvalue weighted by Crippen LogP contribution is 2.46. The molecule has 126 valence electrons. The quantitative estimate of drug-likeness (QED) is 0.516. The lowest BCUT2D eigenvalue weighted by molar-refractivity contribution is 0.380. The Bertz CT molecular complexity index is 663. The van der Waals surface area contributed by atoms with Crippen molar-refractivity contribution in [3.8, 4) is 5.75 Å². The minimum atomic E-state index is -0.0201. The molecule has 1 aromatic carbocycles. The van der Waals surface area contributed by atoms with E-state index in [9.17, 15) is 0 Å². The van der Waals surface area contributed by atoms with Crippen molar-refractivity contribution in [1.29, 1.82) is 0 Å². The molecule has 0 unspecified atom stereocenters. The van der Waals surface area contributed by atoms with Crippen LogP contribution in [0.2, 0.25) is 15.1 Å². The van der Waals surface area contributed by atoms with Gasteiger partial charge in [0.2, 0.25) is 0 Å². The van der Waals surface area contributed by atoms with Gasteiger partial charge in [-0.2, -0.15) is 0 Å². The van der Waals surface area contributed by atoms with Crippen molar-refractivity contribution in [2.45, 2.75) is 48.0 Å². The van der Waals surface area contributed by atoms with Gasteiger partial charge in [-0.05, 0) is 28.5 Å². The van der Waals surface area contributed by atoms with E-state index in [1.54, 1.807) is 12.1 Å². The number of allylic oxidation sites excluding steroid dienone is 3. The largest absolute Gasteiger partial charge is 0.458 e. The second kappa shape index (κ2) is 6.35. The molecule has 0 saturated heterocycles. The molecule has 0 aromatic heterocycles. The van der Waals surface area contributed by atoms with Gasteiger partial charge in [-0.1, -0.05) is 88.0 Å². The van der Waals surface area contributed by atoms with Gasteiger partial charge in [-0.15, -0.1) is 0 Å². The first-order valence-corrected chi connectivity index (χ1v) is 8.80. The molecule has 1 aliphatic carbocycles. The maximum atomic E-state index is 6.27. The van der Waals surface area contributed by atoms with E-state index in [0.29, 0.717) is 20.8 Å². The Hall–Kier alpha value is -0.630. The van der Waals surface area contributed by atoms with Crippen molar-refractivity contribution in [3.05, 3.63) is 50.2 Å². The molecule has 0 bridgehead atoms. The molecule has 2 rings (SSSR count). The summed E-state index contributed by atoms with van der Waals surface area (Å²) in [6.45, 7) is 13.2. The molecule has 0 atom stereocenters. The number of halogens is 3. The summed E-state index contributed by atoms with van der Waals surface area (Å²) in [5.41, 5.74) is 2.60. The van der Waals surface area contributed by atoms with Crippen LogP contribution in [0.4, 0.5) is 0 Å². The van der Waals surface area contributed by atoms with Gasteiger partial charge in [-0.3, -0.25) is 0 Å². The highest BCUT2D eigenvalue weighted by Gasteiger charge is 2.32. The van der Waals surface area contributed by atoms with Crippen molar-refractivity contribution >= 4 is 34.8 Å². The van der Waals surface area contributed by atoms with Crippen molar-refractivity contribution in [2.24, 2.45) is 10.8 Å². The molecule has 0 saturated carbocycles. The Morgan fingerprint density at radius 1 is 0.870 bits per heavy atom. The lowest BCUT2D eigenvalue weighted by Gasteiger charge is -2.22. The van der Waals surface area contributed by atoms with Crippen LogP contribution in [0.15, 0.2) is 35.1 Å². The van der Waals surface area contributed by atoms with E-state index < -0.39 is 0 Å². The summed E-state index contributed by atoms with van der Waals surface area (Å²) in [5.74, 6) is 1.38. The molecule has 0 aliphatic heterocycles. The molecular formula is C19H23Cl3O. The van der Waals surface area contributed by atoms with Crippen molar-refractivity contribution in [2.75, 3.05) is 0 Å². The van der Waals surface area contributed by atoms with E-state index in [1.165, 1.54) is 11.1 Å². The van der Waals surface area contributed by atoms with Crippen LogP contribution in [0.25, 0.3) is 0 Å². The molecule has 1 nitrogen and oxygen atoms in total. The van der Waals surface area contributed by atoms with E-state index in [1.807, 2.05) is 0 Å². The zero-order valence-electron chi connectivity index (χ0n) is 14.5. The minimum Gasteiger partial charge on any atom is -0.458 e. The molecule has 0 spiro atoms. The Labute approximate surface area is 154 Å². The van der Waals surface area contributed by atoms with Crippen LogP contribution in [0.1, 0.15) is 48.0 Å². The third-order valence-corrected chi connectivity index (χ3v) is 4.71. The summed E-state index contributed by atoms with van der Waals surface area (Å²) in [7, 11) is 0. The molecule has 0 fully saturated rings. The van der Waals surface area contributed by atoms with Gasteiger partial charge in [0.25, 0.3) is 0 Å². The average Bonchev–Trinajstić information content (AvgIpc) is 2.77. The zero-order chi connectivity index (χ0) is 17.6. The van der Waals surface area contributed by atoms with Gasteiger partial charge in [-0.25, -0.2) is 0 Å². The average molecular weight is 374 g/mol. The van der Waals surface area contributed by atoms with E-state index in [-0.39, 0.29) is 10.8 Å². The van der Waals surface area contributed by atoms with Crippen LogP contribution < -0.4 is 4.74 Å². The van der Waals surface area contributed by atoms with Crippen LogP contribution in [-0.2, 0) is 0 Å². The molecule has 0 N–H and O–H groups in total. The highest BCUT2D eigenvalue weighted by atomic mass is 35.5. The fourth-order valence-electron chi connectivity index (χ4n) is 2.53. The molecular weight excluding hydrogens is 351 g/mol. The first-order chi connectivity index (χ1) is 10.4. The smallest absolute Gasteiger partial charge is 0.164 e. The summed E-state index contributed by atoms with van der Waals surface area (Å²) in [6.07, 6.45) is 3.03. The van der Waals surface area contributed by atoms with E-state index >= 15 is 0 Å². The third-order valence-electron chi connectivity index (χ3n) is 3.93. The minimum absolute atomic E-state index is 0.0201. The van der Waals surface area contributed by atoms with Crippen LogP contribution in [0, 0.1) is 10.8 Å². The summed E-state index contributed by atoms with van der Waals surface area (Å²) in [6, 6.07) is 3.30. The van der Waals surface area contributed by atoms with Crippen LogP contribution in [-0.4, -0.2) is 0 Å². The SMILES string of the molecule is CC(C)(C)C1=CC(C(C)(C)C)=C(Oc2c(Cl)cc(Cl)cc2Cl)C1. The zero-order valence-corrected chi connectivity index (χ0v) is 16.7. The molecule has 1 aromatic rings. The second-order valence-corrected chi connectivity index (χ2v) is 9.23. The van der Waals surface area contributed by atoms with Gasteiger partial charge in [0.15, 0.2) is 5.75 Å². The summed E-state index contributed by atoms with van der Waals surface area (Å²) in [4.78, 5) is 0. The van der Waals surface area contributed by atoms with E-state index in [4.69, 9.17) is 39.5 Å². The van der Waals surface area contributed by atoms with Crippen molar-refractivity contribution in [3.63, 3.8) is 0 Å². The Balaban J connectivity index is 2.43. The van der Waals surface area contributed by atoms with Gasteiger partial charge in [0.1, 0.15) is 5.76 Å². The lowest BCUT2D eigenvalue weighted by atomic mass is 9.84. The lowest BCUT2D eigenvalue weighted by Crippen LogP contribution is -2.11. The Morgan fingerprint density at radius 2 is 1.39 bits per heavy atom. The highest BCUT2D eigenvalue weighted by molar-refractivity contribution is 6.40. The number of hydrogen-bond acceptors (Lipinski definition) is 1. The number of benzene rings is 1. The van der Waals surface area contributed by atoms with E-state index in [2.05, 4.69) is 47.6 Å². The second-order valence-electron chi connectivity index (χ2n) is 7.98. The standard InChI is InChI=1S/C19H23Cl3O/c1-18(2,3)11-7-13(19(4,5)6)16(8-11)23-17-14(21)9-12(20)10-15(17)22/h7,9-10H,8H2,1-6H3. The fourth-order valence-corrected chi connectivity index (χ4v) is 3.43. The number of hydrogen-bond donors (Lipinski definition) is 0. The molecule has 4 heteroatoms. The van der Waals surface area contributed by atoms with Crippen molar-refractivity contribution < 1.29 is 4.74 Å². The molecule has 0 heterocycles. The van der Waals surface area contributed by atoms with E-state index in [0.717, 1.165) is 12.2 Å². The predicted molar refractivity (Wildman–Crippen MR) is 101 cm³/mol. The maximum absolute atomic E-state index is 6.27. The fraction of sp³-hybridized carbons (Fsp3) is 0.474. The maximum Gasteiger partial charge on any atom is 0.164 e. The first-order valence-electron chi connectivity index (χ1n) is 7.66. The van der Waals surface area contributed by atoms with Crippen LogP contribution >= 0.6 is 34.8 Å². The summed E-state index contributed by atoms with van der Waals surface area (Å²) >= 11 is 18.5. The topological polar surface area (TPSA) is 9.23 Å². The molecule has 23 heavy (non-hydrogen) atoms. The normalized spacial score (nSPS) is 16.0. The molecule has 1 aliphatic rings. The predicted octanol–water partition coefficient (Wildman–Crippen LogP) is 7.70. The Kier molecular flexibility index (Phi) is 5.16. The van der Waals surface area contributed by atoms with Gasteiger partial charge < -0.3 is 4.74 Å². The number of rotatable bonds is 2. The molecule has 0 radical (unpaired) electrons. The number of ether oxygens (including phenoxy) is 1. The summed E-state index contributed by atoms with van der Waals surface area (Å²) in [5, 5.41) is 1.34. The van der Waals surface area contributed by atoms with Gasteiger partial charge in [0, 0.05) is 11.4 Å². The van der Waals surface area contributed by atoms with Gasteiger partial charge >= 0.3 is 0 Å². The monoisotopic (exact) mass is 372 g/mol. The van der Waals surface area contributed by atoms with Gasteiger partial charge in [0.05, 0.1) is 10.0 Å². The van der Waals surface area contributed by atoms with Crippen molar-refractivity contribution in [1.82, 2.24) is 0 Å². The Morgan fingerprint density at radius 3 is 1.83 bits per heavy atom. The van der Waals surface area contributed by atoms with Crippen LogP contribution in [0.3, 0.4) is 0 Å².